The quantitative estimate of drug-likeness (QED) is 0.781. The molecule has 2 fully saturated rings. The number of likely N-dealkylation sites (tertiary alicyclic amines) is 1. The molecule has 5 rings (SSSR count). The van der Waals surface area contributed by atoms with E-state index in [0.717, 1.165) is 56.5 Å². The fraction of sp³-hybridized carbons (Fsp3) is 0.565. The number of carbonyl (C=O) groups is 1. The molecule has 0 radical (unpaired) electrons. The maximum Gasteiger partial charge on any atom is 0.247 e. The third kappa shape index (κ3) is 3.54. The van der Waals surface area contributed by atoms with Gasteiger partial charge in [0.1, 0.15) is 0 Å². The van der Waals surface area contributed by atoms with Gasteiger partial charge in [0.15, 0.2) is 6.35 Å². The number of hydrogen-bond donors (Lipinski definition) is 2. The average molecular weight is 395 g/mol. The first-order chi connectivity index (χ1) is 14.0. The Hall–Kier alpha value is -2.02. The molecule has 3 heterocycles. The molecule has 1 aliphatic carbocycles. The Bertz CT molecular complexity index is 880. The number of aliphatic hydroxyl groups excluding tert-OH is 1. The Kier molecular flexibility index (Phi) is 4.81. The van der Waals surface area contributed by atoms with Crippen LogP contribution in [0.3, 0.4) is 0 Å². The van der Waals surface area contributed by atoms with Crippen molar-refractivity contribution in [2.45, 2.75) is 63.8 Å². The van der Waals surface area contributed by atoms with Gasteiger partial charge in [-0.2, -0.15) is 5.10 Å². The van der Waals surface area contributed by atoms with Gasteiger partial charge in [0, 0.05) is 25.6 Å². The maximum atomic E-state index is 12.6. The van der Waals surface area contributed by atoms with Crippen molar-refractivity contribution >= 4 is 5.91 Å². The van der Waals surface area contributed by atoms with Gasteiger partial charge in [0.2, 0.25) is 5.91 Å². The van der Waals surface area contributed by atoms with E-state index < -0.39 is 6.35 Å². The summed E-state index contributed by atoms with van der Waals surface area (Å²) in [6, 6.07) is 11.0. The third-order valence-corrected chi connectivity index (χ3v) is 7.38. The molecule has 1 saturated carbocycles. The number of carbonyl (C=O) groups excluding carboxylic acids is 1. The number of aromatic nitrogens is 2. The van der Waals surface area contributed by atoms with Crippen molar-refractivity contribution in [3.8, 4) is 0 Å². The zero-order valence-electron chi connectivity index (χ0n) is 17.1. The Morgan fingerprint density at radius 3 is 2.62 bits per heavy atom. The molecule has 1 atom stereocenters. The minimum Gasteiger partial charge on any atom is -0.365 e. The van der Waals surface area contributed by atoms with Gasteiger partial charge in [0.25, 0.3) is 0 Å². The van der Waals surface area contributed by atoms with E-state index in [1.54, 1.807) is 10.9 Å². The largest absolute Gasteiger partial charge is 0.365 e. The molecule has 1 saturated heterocycles. The summed E-state index contributed by atoms with van der Waals surface area (Å²) in [5.41, 5.74) is 3.62. The number of aliphatic hydroxyl groups is 1. The number of aryl methyl sites for hydroxylation is 1. The van der Waals surface area contributed by atoms with E-state index in [9.17, 15) is 9.90 Å². The van der Waals surface area contributed by atoms with Crippen molar-refractivity contribution in [3.63, 3.8) is 0 Å². The van der Waals surface area contributed by atoms with Crippen LogP contribution >= 0.6 is 0 Å². The van der Waals surface area contributed by atoms with Crippen LogP contribution in [0, 0.1) is 12.3 Å². The first-order valence-electron chi connectivity index (χ1n) is 10.8. The highest BCUT2D eigenvalue weighted by Crippen LogP contribution is 2.42. The maximum absolute atomic E-state index is 12.6. The average Bonchev–Trinajstić information content (AvgIpc) is 3.06. The van der Waals surface area contributed by atoms with Crippen LogP contribution in [-0.2, 0) is 6.42 Å². The van der Waals surface area contributed by atoms with Crippen LogP contribution in [0.5, 0.6) is 0 Å². The van der Waals surface area contributed by atoms with E-state index in [1.165, 1.54) is 5.56 Å². The van der Waals surface area contributed by atoms with Gasteiger partial charge >= 0.3 is 0 Å². The number of piperidine rings is 1. The van der Waals surface area contributed by atoms with E-state index in [1.807, 2.05) is 6.92 Å². The molecule has 29 heavy (non-hydrogen) atoms. The minimum absolute atomic E-state index is 0.0307. The molecule has 6 heteroatoms. The summed E-state index contributed by atoms with van der Waals surface area (Å²) in [5.74, 6) is 0.722. The number of benzene rings is 1. The van der Waals surface area contributed by atoms with Crippen LogP contribution in [0.15, 0.2) is 36.5 Å². The van der Waals surface area contributed by atoms with Gasteiger partial charge in [0.05, 0.1) is 11.9 Å². The van der Waals surface area contributed by atoms with Crippen LogP contribution in [0.2, 0.25) is 0 Å². The van der Waals surface area contributed by atoms with Crippen LogP contribution in [0.4, 0.5) is 0 Å². The van der Waals surface area contributed by atoms with Crippen molar-refractivity contribution < 1.29 is 9.90 Å². The van der Waals surface area contributed by atoms with Crippen LogP contribution < -0.4 is 5.32 Å². The Labute approximate surface area is 171 Å². The lowest BCUT2D eigenvalue weighted by Crippen LogP contribution is -2.56. The number of nitrogens with zero attached hydrogens (tertiary/aromatic N) is 3. The highest BCUT2D eigenvalue weighted by atomic mass is 16.3. The van der Waals surface area contributed by atoms with Crippen molar-refractivity contribution in [2.24, 2.45) is 5.41 Å². The topological polar surface area (TPSA) is 70.4 Å². The molecule has 2 N–H and O–H groups in total. The third-order valence-electron chi connectivity index (χ3n) is 7.38. The second-order valence-corrected chi connectivity index (χ2v) is 9.29. The molecule has 2 aromatic rings. The molecular formula is C23H30N4O2. The molecule has 1 aromatic heterocycles. The van der Waals surface area contributed by atoms with E-state index in [2.05, 4.69) is 45.6 Å². The molecular weight excluding hydrogens is 364 g/mol. The first-order valence-corrected chi connectivity index (χ1v) is 10.8. The summed E-state index contributed by atoms with van der Waals surface area (Å²) in [6.07, 6.45) is 6.74. The van der Waals surface area contributed by atoms with Gasteiger partial charge in [-0.05, 0) is 61.5 Å². The smallest absolute Gasteiger partial charge is 0.247 e. The second-order valence-electron chi connectivity index (χ2n) is 9.29. The number of fused-ring (bicyclic) bond motifs is 1. The molecule has 1 aromatic carbocycles. The van der Waals surface area contributed by atoms with Gasteiger partial charge in [-0.3, -0.25) is 15.0 Å². The minimum atomic E-state index is -0.597. The van der Waals surface area contributed by atoms with Gasteiger partial charge < -0.3 is 5.11 Å². The summed E-state index contributed by atoms with van der Waals surface area (Å²) < 4.78 is 1.60. The predicted octanol–water partition coefficient (Wildman–Crippen LogP) is 2.67. The molecule has 154 valence electrons. The SMILES string of the molecule is Cc1cnn2c1CC1(CCN(C(O)NC3CC(c4ccccc4)C3)CC1)CC2=O. The Balaban J connectivity index is 1.14. The van der Waals surface area contributed by atoms with Crippen molar-refractivity contribution in [1.29, 1.82) is 0 Å². The molecule has 3 aliphatic rings. The highest BCUT2D eigenvalue weighted by Gasteiger charge is 2.43. The van der Waals surface area contributed by atoms with Crippen molar-refractivity contribution in [2.75, 3.05) is 13.1 Å². The van der Waals surface area contributed by atoms with E-state index in [4.69, 9.17) is 0 Å². The standard InChI is InChI=1S/C23H30N4O2/c1-16-15-24-27-20(16)13-23(14-21(27)28)7-9-26(10-8-23)22(29)25-19-11-18(12-19)17-5-3-2-4-6-17/h2-6,15,18-19,22,25,29H,7-14H2,1H3. The molecule has 0 bridgehead atoms. The molecule has 2 aliphatic heterocycles. The monoisotopic (exact) mass is 394 g/mol. The van der Waals surface area contributed by atoms with Crippen molar-refractivity contribution in [1.82, 2.24) is 20.0 Å². The molecule has 1 unspecified atom stereocenters. The van der Waals surface area contributed by atoms with Crippen molar-refractivity contribution in [3.05, 3.63) is 53.3 Å². The summed E-state index contributed by atoms with van der Waals surface area (Å²) in [6.45, 7) is 3.68. The lowest BCUT2D eigenvalue weighted by Gasteiger charge is -2.46. The Morgan fingerprint density at radius 1 is 1.17 bits per heavy atom. The van der Waals surface area contributed by atoms with E-state index >= 15 is 0 Å². The van der Waals surface area contributed by atoms with Gasteiger partial charge in [-0.15, -0.1) is 0 Å². The van der Waals surface area contributed by atoms with Crippen LogP contribution in [-0.4, -0.2) is 51.2 Å². The van der Waals surface area contributed by atoms with Crippen LogP contribution in [0.25, 0.3) is 0 Å². The lowest BCUT2D eigenvalue weighted by atomic mass is 9.70. The van der Waals surface area contributed by atoms with Gasteiger partial charge in [-0.1, -0.05) is 30.3 Å². The molecule has 1 spiro atoms. The Morgan fingerprint density at radius 2 is 1.90 bits per heavy atom. The summed E-state index contributed by atoms with van der Waals surface area (Å²) in [7, 11) is 0. The van der Waals surface area contributed by atoms with Crippen LogP contribution in [0.1, 0.15) is 59.6 Å². The zero-order valence-corrected chi connectivity index (χ0v) is 17.1. The molecule has 6 nitrogen and oxygen atoms in total. The first kappa shape index (κ1) is 19.0. The highest BCUT2D eigenvalue weighted by molar-refractivity contribution is 5.81. The second kappa shape index (κ2) is 7.35. The summed E-state index contributed by atoms with van der Waals surface area (Å²) in [5, 5.41) is 18.4. The van der Waals surface area contributed by atoms with E-state index in [-0.39, 0.29) is 11.3 Å². The number of rotatable bonds is 4. The van der Waals surface area contributed by atoms with E-state index in [0.29, 0.717) is 18.4 Å². The normalized spacial score (nSPS) is 27.4. The lowest BCUT2D eigenvalue weighted by molar-refractivity contribution is -0.0680. The predicted molar refractivity (Wildman–Crippen MR) is 110 cm³/mol. The number of nitrogens with one attached hydrogen (secondary N) is 1. The summed E-state index contributed by atoms with van der Waals surface area (Å²) in [4.78, 5) is 14.7. The zero-order chi connectivity index (χ0) is 20.0. The fourth-order valence-electron chi connectivity index (χ4n) is 5.36. The fourth-order valence-corrected chi connectivity index (χ4v) is 5.36. The van der Waals surface area contributed by atoms with Gasteiger partial charge in [-0.25, -0.2) is 4.68 Å². The number of hydrogen-bond acceptors (Lipinski definition) is 5. The molecule has 0 amide bonds. The summed E-state index contributed by atoms with van der Waals surface area (Å²) >= 11 is 0.